The van der Waals surface area contributed by atoms with Crippen LogP contribution in [0.1, 0.15) is 25.3 Å². The molecule has 8 heteroatoms. The number of nitrogens with one attached hydrogen (secondary N) is 2. The van der Waals surface area contributed by atoms with E-state index in [9.17, 15) is 14.4 Å². The second-order valence-electron chi connectivity index (χ2n) is 7.05. The number of hydrogen-bond donors (Lipinski definition) is 2. The lowest BCUT2D eigenvalue weighted by Crippen LogP contribution is -2.51. The molecule has 3 rings (SSSR count). The predicted octanol–water partition coefficient (Wildman–Crippen LogP) is 2.65. The maximum Gasteiger partial charge on any atom is 0.265 e. The van der Waals surface area contributed by atoms with E-state index in [1.165, 1.54) is 4.90 Å². The summed E-state index contributed by atoms with van der Waals surface area (Å²) in [5.41, 5.74) is 6.18. The lowest BCUT2D eigenvalue weighted by atomic mass is 9.88. The fourth-order valence-corrected chi connectivity index (χ4v) is 3.35. The molecule has 0 unspecified atom stereocenters. The predicted molar refractivity (Wildman–Crippen MR) is 110 cm³/mol. The first kappa shape index (κ1) is 20.7. The fraction of sp³-hybridized carbons (Fsp3) is 0.286. The number of hydrazine groups is 1. The molecule has 0 radical (unpaired) electrons. The molecule has 1 aliphatic rings. The van der Waals surface area contributed by atoms with Crippen LogP contribution in [0.2, 0.25) is 5.02 Å². The van der Waals surface area contributed by atoms with Gasteiger partial charge in [-0.05, 0) is 35.7 Å². The summed E-state index contributed by atoms with van der Waals surface area (Å²) < 4.78 is 5.36. The van der Waals surface area contributed by atoms with Gasteiger partial charge in [0.25, 0.3) is 11.8 Å². The summed E-state index contributed by atoms with van der Waals surface area (Å²) in [6, 6.07) is 14.0. The van der Waals surface area contributed by atoms with Crippen molar-refractivity contribution < 1.29 is 19.1 Å². The van der Waals surface area contributed by atoms with E-state index < -0.39 is 11.8 Å². The molecular formula is C21H22ClN3O4. The Kier molecular flexibility index (Phi) is 6.39. The van der Waals surface area contributed by atoms with Crippen LogP contribution in [0.3, 0.4) is 0 Å². The smallest absolute Gasteiger partial charge is 0.265 e. The van der Waals surface area contributed by atoms with Gasteiger partial charge in [0.05, 0.1) is 11.6 Å². The second kappa shape index (κ2) is 8.96. The summed E-state index contributed by atoms with van der Waals surface area (Å²) in [4.78, 5) is 38.5. The summed E-state index contributed by atoms with van der Waals surface area (Å²) >= 11 is 5.92. The quantitative estimate of drug-likeness (QED) is 0.735. The molecule has 1 aliphatic heterocycles. The van der Waals surface area contributed by atoms with E-state index in [0.717, 1.165) is 5.56 Å². The van der Waals surface area contributed by atoms with Crippen molar-refractivity contribution in [3.8, 4) is 5.75 Å². The number of fused-ring (bicyclic) bond motifs is 1. The molecule has 152 valence electrons. The average molecular weight is 416 g/mol. The lowest BCUT2D eigenvalue weighted by molar-refractivity contribution is -0.130. The van der Waals surface area contributed by atoms with Crippen molar-refractivity contribution in [2.75, 3.05) is 18.1 Å². The molecule has 2 aromatic carbocycles. The Labute approximate surface area is 173 Å². The Bertz CT molecular complexity index is 914. The van der Waals surface area contributed by atoms with Gasteiger partial charge in [-0.3, -0.25) is 30.1 Å². The third-order valence-electron chi connectivity index (χ3n) is 4.61. The Morgan fingerprint density at radius 3 is 2.48 bits per heavy atom. The molecule has 0 aromatic heterocycles. The molecule has 0 fully saturated rings. The molecule has 0 bridgehead atoms. The van der Waals surface area contributed by atoms with Gasteiger partial charge >= 0.3 is 0 Å². The number of anilines is 1. The van der Waals surface area contributed by atoms with Gasteiger partial charge in [0.2, 0.25) is 5.91 Å². The molecule has 2 N–H and O–H groups in total. The van der Waals surface area contributed by atoms with Crippen LogP contribution in [0.4, 0.5) is 5.69 Å². The van der Waals surface area contributed by atoms with Gasteiger partial charge in [-0.2, -0.15) is 0 Å². The van der Waals surface area contributed by atoms with Crippen LogP contribution in [0.5, 0.6) is 5.75 Å². The topological polar surface area (TPSA) is 87.7 Å². The van der Waals surface area contributed by atoms with Gasteiger partial charge in [0.1, 0.15) is 12.3 Å². The molecular weight excluding hydrogens is 394 g/mol. The molecule has 0 spiro atoms. The van der Waals surface area contributed by atoms with E-state index in [0.29, 0.717) is 16.5 Å². The van der Waals surface area contributed by atoms with Gasteiger partial charge < -0.3 is 4.74 Å². The van der Waals surface area contributed by atoms with E-state index in [1.54, 1.807) is 48.5 Å². The zero-order valence-corrected chi connectivity index (χ0v) is 16.9. The molecule has 7 nitrogen and oxygen atoms in total. The van der Waals surface area contributed by atoms with Gasteiger partial charge in [0, 0.05) is 5.02 Å². The number of hydrogen-bond acceptors (Lipinski definition) is 4. The highest BCUT2D eigenvalue weighted by Gasteiger charge is 2.28. The van der Waals surface area contributed by atoms with Crippen molar-refractivity contribution >= 4 is 35.0 Å². The number of halogens is 1. The van der Waals surface area contributed by atoms with Crippen LogP contribution in [-0.2, 0) is 14.4 Å². The molecule has 1 heterocycles. The van der Waals surface area contributed by atoms with Gasteiger partial charge in [-0.1, -0.05) is 49.7 Å². The Hall–Kier alpha value is -3.06. The first-order chi connectivity index (χ1) is 13.9. The number of carbonyl (C=O) groups is 3. The van der Waals surface area contributed by atoms with Gasteiger partial charge in [0.15, 0.2) is 6.61 Å². The van der Waals surface area contributed by atoms with E-state index in [-0.39, 0.29) is 30.9 Å². The Balaban J connectivity index is 1.63. The average Bonchev–Trinajstić information content (AvgIpc) is 2.70. The third-order valence-corrected chi connectivity index (χ3v) is 4.87. The van der Waals surface area contributed by atoms with Crippen LogP contribution in [0.25, 0.3) is 0 Å². The zero-order chi connectivity index (χ0) is 21.0. The lowest BCUT2D eigenvalue weighted by Gasteiger charge is -2.28. The zero-order valence-electron chi connectivity index (χ0n) is 16.1. The first-order valence-electron chi connectivity index (χ1n) is 9.23. The number of ether oxygens (including phenoxy) is 1. The fourth-order valence-electron chi connectivity index (χ4n) is 3.23. The first-order valence-corrected chi connectivity index (χ1v) is 9.61. The summed E-state index contributed by atoms with van der Waals surface area (Å²) in [5, 5.41) is 0.584. The summed E-state index contributed by atoms with van der Waals surface area (Å²) in [5.74, 6) is -1.11. The highest BCUT2D eigenvalue weighted by molar-refractivity contribution is 6.30. The van der Waals surface area contributed by atoms with Crippen molar-refractivity contribution in [3.05, 3.63) is 59.1 Å². The Morgan fingerprint density at radius 1 is 1.10 bits per heavy atom. The van der Waals surface area contributed by atoms with E-state index in [1.807, 2.05) is 13.8 Å². The Morgan fingerprint density at radius 2 is 1.79 bits per heavy atom. The number of rotatable bonds is 5. The molecule has 3 amide bonds. The largest absolute Gasteiger partial charge is 0.482 e. The van der Waals surface area contributed by atoms with Crippen molar-refractivity contribution in [3.63, 3.8) is 0 Å². The molecule has 29 heavy (non-hydrogen) atoms. The minimum Gasteiger partial charge on any atom is -0.482 e. The maximum absolute atomic E-state index is 12.7. The van der Waals surface area contributed by atoms with Crippen molar-refractivity contribution in [2.45, 2.75) is 19.8 Å². The SMILES string of the molecule is CC(C)[C@H](C(=O)NNC(=O)CN1C(=O)COc2ccccc21)c1ccc(Cl)cc1. The monoisotopic (exact) mass is 415 g/mol. The molecule has 0 saturated carbocycles. The van der Waals surface area contributed by atoms with Crippen LogP contribution >= 0.6 is 11.6 Å². The number of benzene rings is 2. The molecule has 1 atom stereocenters. The normalized spacial score (nSPS) is 14.1. The minimum atomic E-state index is -0.512. The highest BCUT2D eigenvalue weighted by Crippen LogP contribution is 2.31. The van der Waals surface area contributed by atoms with E-state index >= 15 is 0 Å². The number of nitrogens with zero attached hydrogens (tertiary/aromatic N) is 1. The third kappa shape index (κ3) is 4.86. The van der Waals surface area contributed by atoms with E-state index in [4.69, 9.17) is 16.3 Å². The maximum atomic E-state index is 12.7. The highest BCUT2D eigenvalue weighted by atomic mass is 35.5. The van der Waals surface area contributed by atoms with Crippen LogP contribution < -0.4 is 20.5 Å². The molecule has 0 saturated heterocycles. The van der Waals surface area contributed by atoms with Crippen LogP contribution in [0, 0.1) is 5.92 Å². The van der Waals surface area contributed by atoms with Gasteiger partial charge in [-0.15, -0.1) is 0 Å². The molecule has 0 aliphatic carbocycles. The van der Waals surface area contributed by atoms with E-state index in [2.05, 4.69) is 10.9 Å². The van der Waals surface area contributed by atoms with Crippen molar-refractivity contribution in [1.82, 2.24) is 10.9 Å². The standard InChI is InChI=1S/C21H22ClN3O4/c1-13(2)20(14-7-9-15(22)10-8-14)21(28)24-23-18(26)11-25-16-5-3-4-6-17(16)29-12-19(25)27/h3-10,13,20H,11-12H2,1-2H3,(H,23,26)(H,24,28)/t20-/m0/s1. The van der Waals surface area contributed by atoms with Crippen LogP contribution in [0.15, 0.2) is 48.5 Å². The molecule has 2 aromatic rings. The summed E-state index contributed by atoms with van der Waals surface area (Å²) in [6.45, 7) is 3.48. The summed E-state index contributed by atoms with van der Waals surface area (Å²) in [6.07, 6.45) is 0. The van der Waals surface area contributed by atoms with Crippen LogP contribution in [-0.4, -0.2) is 30.9 Å². The summed E-state index contributed by atoms with van der Waals surface area (Å²) in [7, 11) is 0. The van der Waals surface area contributed by atoms with Crippen molar-refractivity contribution in [2.24, 2.45) is 5.92 Å². The number of para-hydroxylation sites is 2. The number of amides is 3. The van der Waals surface area contributed by atoms with Crippen molar-refractivity contribution in [1.29, 1.82) is 0 Å². The number of carbonyl (C=O) groups excluding carboxylic acids is 3. The van der Waals surface area contributed by atoms with Gasteiger partial charge in [-0.25, -0.2) is 0 Å². The second-order valence-corrected chi connectivity index (χ2v) is 7.48. The minimum absolute atomic E-state index is 0.000718.